The molecule has 0 spiro atoms. The van der Waals surface area contributed by atoms with E-state index >= 15 is 0 Å². The molecule has 120 valence electrons. The van der Waals surface area contributed by atoms with Gasteiger partial charge in [0.1, 0.15) is 0 Å². The summed E-state index contributed by atoms with van der Waals surface area (Å²) >= 11 is 0. The second-order valence-electron chi connectivity index (χ2n) is 6.11. The number of nitrogens with zero attached hydrogens (tertiary/aromatic N) is 1. The van der Waals surface area contributed by atoms with E-state index in [0.29, 0.717) is 6.04 Å². The first kappa shape index (κ1) is 18.2. The lowest BCUT2D eigenvalue weighted by atomic mass is 10.0. The van der Waals surface area contributed by atoms with E-state index in [9.17, 15) is 0 Å². The predicted molar refractivity (Wildman–Crippen MR) is 92.8 cm³/mol. The number of aromatic nitrogens is 1. The van der Waals surface area contributed by atoms with E-state index in [4.69, 9.17) is 0 Å². The van der Waals surface area contributed by atoms with Gasteiger partial charge in [0.2, 0.25) is 0 Å². The summed E-state index contributed by atoms with van der Waals surface area (Å²) in [5.74, 6) is 0. The molecular weight excluding hydrogens is 256 g/mol. The van der Waals surface area contributed by atoms with Gasteiger partial charge >= 0.3 is 0 Å². The zero-order chi connectivity index (χ0) is 15.3. The quantitative estimate of drug-likeness (QED) is 0.553. The third-order valence-corrected chi connectivity index (χ3v) is 4.31. The molecule has 1 atom stereocenters. The SMILES string of the molecule is CCCCCCCCCC(Cc1ccc(CC)cn1)NC. The predicted octanol–water partition coefficient (Wildman–Crippen LogP) is 4.92. The maximum absolute atomic E-state index is 4.58. The van der Waals surface area contributed by atoms with Crippen molar-refractivity contribution in [1.29, 1.82) is 0 Å². The van der Waals surface area contributed by atoms with Crippen LogP contribution in [0, 0.1) is 0 Å². The average Bonchev–Trinajstić information content (AvgIpc) is 2.53. The van der Waals surface area contributed by atoms with Gasteiger partial charge in [-0.1, -0.05) is 64.9 Å². The lowest BCUT2D eigenvalue weighted by Gasteiger charge is -2.15. The highest BCUT2D eigenvalue weighted by Crippen LogP contribution is 2.12. The zero-order valence-corrected chi connectivity index (χ0v) is 14.3. The van der Waals surface area contributed by atoms with Crippen LogP contribution in [0.25, 0.3) is 0 Å². The lowest BCUT2D eigenvalue weighted by molar-refractivity contribution is 0.475. The standard InChI is InChI=1S/C19H34N2/c1-4-6-7-8-9-10-11-12-18(20-3)15-19-14-13-17(5-2)16-21-19/h13-14,16,18,20H,4-12,15H2,1-3H3. The minimum atomic E-state index is 0.570. The van der Waals surface area contributed by atoms with Crippen LogP contribution in [-0.4, -0.2) is 18.1 Å². The molecule has 2 heteroatoms. The first-order valence-corrected chi connectivity index (χ1v) is 8.91. The Bertz CT molecular complexity index is 345. The Morgan fingerprint density at radius 3 is 2.29 bits per heavy atom. The van der Waals surface area contributed by atoms with E-state index in [1.165, 1.54) is 62.6 Å². The normalized spacial score (nSPS) is 12.5. The van der Waals surface area contributed by atoms with Gasteiger partial charge < -0.3 is 5.32 Å². The lowest BCUT2D eigenvalue weighted by Crippen LogP contribution is -2.27. The molecule has 0 bridgehead atoms. The van der Waals surface area contributed by atoms with Crippen molar-refractivity contribution >= 4 is 0 Å². The molecule has 0 amide bonds. The highest BCUT2D eigenvalue weighted by atomic mass is 14.9. The van der Waals surface area contributed by atoms with Crippen molar-refractivity contribution in [2.24, 2.45) is 0 Å². The Balaban J connectivity index is 2.18. The second kappa shape index (κ2) is 11.7. The number of unbranched alkanes of at least 4 members (excludes halogenated alkanes) is 6. The summed E-state index contributed by atoms with van der Waals surface area (Å²) in [4.78, 5) is 4.58. The summed E-state index contributed by atoms with van der Waals surface area (Å²) in [5.41, 5.74) is 2.54. The molecule has 1 N–H and O–H groups in total. The fraction of sp³-hybridized carbons (Fsp3) is 0.737. The van der Waals surface area contributed by atoms with Crippen LogP contribution in [0.3, 0.4) is 0 Å². The maximum atomic E-state index is 4.58. The third kappa shape index (κ3) is 8.21. The van der Waals surface area contributed by atoms with Crippen molar-refractivity contribution in [3.63, 3.8) is 0 Å². The molecule has 0 fully saturated rings. The van der Waals surface area contributed by atoms with E-state index in [-0.39, 0.29) is 0 Å². The zero-order valence-electron chi connectivity index (χ0n) is 14.3. The van der Waals surface area contributed by atoms with Gasteiger partial charge in [0, 0.05) is 24.4 Å². The summed E-state index contributed by atoms with van der Waals surface area (Å²) in [5, 5.41) is 3.45. The summed E-state index contributed by atoms with van der Waals surface area (Å²) in [6.07, 6.45) is 15.1. The van der Waals surface area contributed by atoms with Crippen molar-refractivity contribution in [3.05, 3.63) is 29.6 Å². The Morgan fingerprint density at radius 2 is 1.71 bits per heavy atom. The smallest absolute Gasteiger partial charge is 0.0419 e. The molecule has 2 nitrogen and oxygen atoms in total. The highest BCUT2D eigenvalue weighted by molar-refractivity contribution is 5.14. The number of likely N-dealkylation sites (N-methyl/N-ethyl adjacent to an activating group) is 1. The monoisotopic (exact) mass is 290 g/mol. The number of hydrogen-bond donors (Lipinski definition) is 1. The molecule has 0 aliphatic rings. The Labute approximate surface area is 131 Å². The van der Waals surface area contributed by atoms with Gasteiger partial charge in [0.15, 0.2) is 0 Å². The molecule has 1 rings (SSSR count). The number of hydrogen-bond acceptors (Lipinski definition) is 2. The van der Waals surface area contributed by atoms with Gasteiger partial charge in [0.05, 0.1) is 0 Å². The van der Waals surface area contributed by atoms with Crippen molar-refractivity contribution in [2.75, 3.05) is 7.05 Å². The highest BCUT2D eigenvalue weighted by Gasteiger charge is 2.08. The molecule has 0 aromatic carbocycles. The molecular formula is C19H34N2. The van der Waals surface area contributed by atoms with Gasteiger partial charge in [-0.2, -0.15) is 0 Å². The van der Waals surface area contributed by atoms with Crippen molar-refractivity contribution in [3.8, 4) is 0 Å². The molecule has 0 radical (unpaired) electrons. The second-order valence-corrected chi connectivity index (χ2v) is 6.11. The van der Waals surface area contributed by atoms with E-state index in [1.807, 2.05) is 6.20 Å². The fourth-order valence-corrected chi connectivity index (χ4v) is 2.73. The summed E-state index contributed by atoms with van der Waals surface area (Å²) in [6.45, 7) is 4.45. The van der Waals surface area contributed by atoms with Crippen LogP contribution in [0.4, 0.5) is 0 Å². The number of pyridine rings is 1. The molecule has 1 unspecified atom stereocenters. The van der Waals surface area contributed by atoms with Gasteiger partial charge in [0.25, 0.3) is 0 Å². The first-order valence-electron chi connectivity index (χ1n) is 8.91. The van der Waals surface area contributed by atoms with Gasteiger partial charge in [-0.3, -0.25) is 4.98 Å². The van der Waals surface area contributed by atoms with E-state index in [0.717, 1.165) is 12.8 Å². The molecule has 0 aliphatic heterocycles. The number of rotatable bonds is 12. The van der Waals surface area contributed by atoms with Gasteiger partial charge in [-0.05, 0) is 31.5 Å². The minimum absolute atomic E-state index is 0.570. The van der Waals surface area contributed by atoms with Gasteiger partial charge in [-0.25, -0.2) is 0 Å². The molecule has 1 heterocycles. The Kier molecular flexibility index (Phi) is 10.1. The minimum Gasteiger partial charge on any atom is -0.317 e. The summed E-state index contributed by atoms with van der Waals surface area (Å²) in [7, 11) is 2.08. The van der Waals surface area contributed by atoms with E-state index in [1.54, 1.807) is 0 Å². The summed E-state index contributed by atoms with van der Waals surface area (Å²) in [6, 6.07) is 4.97. The maximum Gasteiger partial charge on any atom is 0.0419 e. The third-order valence-electron chi connectivity index (χ3n) is 4.31. The van der Waals surface area contributed by atoms with Crippen molar-refractivity contribution < 1.29 is 0 Å². The van der Waals surface area contributed by atoms with Crippen LogP contribution in [0.15, 0.2) is 18.3 Å². The number of nitrogens with one attached hydrogen (secondary N) is 1. The van der Waals surface area contributed by atoms with Crippen LogP contribution >= 0.6 is 0 Å². The molecule has 21 heavy (non-hydrogen) atoms. The van der Waals surface area contributed by atoms with E-state index < -0.39 is 0 Å². The van der Waals surface area contributed by atoms with Crippen LogP contribution in [0.5, 0.6) is 0 Å². The summed E-state index contributed by atoms with van der Waals surface area (Å²) < 4.78 is 0. The van der Waals surface area contributed by atoms with Crippen LogP contribution < -0.4 is 5.32 Å². The van der Waals surface area contributed by atoms with Crippen LogP contribution in [-0.2, 0) is 12.8 Å². The largest absolute Gasteiger partial charge is 0.317 e. The first-order chi connectivity index (χ1) is 10.3. The fourth-order valence-electron chi connectivity index (χ4n) is 2.73. The topological polar surface area (TPSA) is 24.9 Å². The Hall–Kier alpha value is -0.890. The van der Waals surface area contributed by atoms with Crippen molar-refractivity contribution in [1.82, 2.24) is 10.3 Å². The van der Waals surface area contributed by atoms with Crippen LogP contribution in [0.2, 0.25) is 0 Å². The molecule has 1 aromatic rings. The molecule has 0 aliphatic carbocycles. The van der Waals surface area contributed by atoms with E-state index in [2.05, 4.69) is 43.3 Å². The average molecular weight is 290 g/mol. The van der Waals surface area contributed by atoms with Crippen LogP contribution in [0.1, 0.15) is 76.5 Å². The van der Waals surface area contributed by atoms with Gasteiger partial charge in [-0.15, -0.1) is 0 Å². The molecule has 0 saturated heterocycles. The van der Waals surface area contributed by atoms with Crippen molar-refractivity contribution in [2.45, 2.75) is 84.1 Å². The molecule has 1 aromatic heterocycles. The molecule has 0 saturated carbocycles. The Morgan fingerprint density at radius 1 is 1.00 bits per heavy atom. The number of aryl methyl sites for hydroxylation is 1.